The van der Waals surface area contributed by atoms with E-state index in [1.807, 2.05) is 0 Å². The van der Waals surface area contributed by atoms with Crippen LogP contribution in [-0.2, 0) is 14.8 Å². The van der Waals surface area contributed by atoms with Crippen LogP contribution in [0.3, 0.4) is 0 Å². The van der Waals surface area contributed by atoms with Gasteiger partial charge in [0.1, 0.15) is 5.52 Å². The van der Waals surface area contributed by atoms with E-state index in [-0.39, 0.29) is 28.5 Å². The number of benzene rings is 1. The number of aromatic amines is 2. The Bertz CT molecular complexity index is 1240. The summed E-state index contributed by atoms with van der Waals surface area (Å²) in [5, 5.41) is 4.01. The lowest BCUT2D eigenvalue weighted by molar-refractivity contribution is 0.0529. The standard InChI is InChI=1S/C19H22N4O5S/c1-2-28-19(25)14-10-21-17-16(14)13-7-12(3-4-15(13)23-18(17)24)29(26,27)22-9-11-5-6-20-8-11/h3-4,7,10-11,20-22H,2,5-6,8-9H2,1H3,(H,23,24)/t11-/m0/s1. The van der Waals surface area contributed by atoms with Gasteiger partial charge in [-0.15, -0.1) is 0 Å². The van der Waals surface area contributed by atoms with Crippen LogP contribution in [0.5, 0.6) is 0 Å². The molecule has 29 heavy (non-hydrogen) atoms. The zero-order chi connectivity index (χ0) is 20.6. The van der Waals surface area contributed by atoms with Gasteiger partial charge in [0.25, 0.3) is 5.56 Å². The van der Waals surface area contributed by atoms with Crippen LogP contribution in [0, 0.1) is 5.92 Å². The molecule has 2 aromatic heterocycles. The third kappa shape index (κ3) is 3.66. The number of ether oxygens (including phenoxy) is 1. The van der Waals surface area contributed by atoms with Crippen molar-refractivity contribution >= 4 is 37.8 Å². The number of hydrogen-bond acceptors (Lipinski definition) is 6. The monoisotopic (exact) mass is 418 g/mol. The first-order valence-electron chi connectivity index (χ1n) is 9.45. The maximum absolute atomic E-state index is 12.8. The smallest absolute Gasteiger partial charge is 0.340 e. The highest BCUT2D eigenvalue weighted by Gasteiger charge is 2.22. The van der Waals surface area contributed by atoms with Gasteiger partial charge in [-0.3, -0.25) is 4.79 Å². The molecule has 0 aliphatic carbocycles. The molecule has 1 aromatic carbocycles. The fourth-order valence-corrected chi connectivity index (χ4v) is 4.78. The second-order valence-corrected chi connectivity index (χ2v) is 8.81. The number of nitrogens with one attached hydrogen (secondary N) is 4. The van der Waals surface area contributed by atoms with E-state index in [2.05, 4.69) is 20.0 Å². The van der Waals surface area contributed by atoms with Gasteiger partial charge in [0.05, 0.1) is 17.1 Å². The van der Waals surface area contributed by atoms with Gasteiger partial charge < -0.3 is 20.0 Å². The number of H-pyrrole nitrogens is 2. The predicted molar refractivity (Wildman–Crippen MR) is 109 cm³/mol. The Balaban J connectivity index is 1.80. The van der Waals surface area contributed by atoms with E-state index in [1.165, 1.54) is 24.4 Å². The second kappa shape index (κ2) is 7.62. The molecule has 4 rings (SSSR count). The molecule has 3 aromatic rings. The van der Waals surface area contributed by atoms with Crippen LogP contribution in [0.15, 0.2) is 34.1 Å². The van der Waals surface area contributed by atoms with Gasteiger partial charge in [-0.05, 0) is 50.6 Å². The molecule has 1 atom stereocenters. The van der Waals surface area contributed by atoms with Crippen LogP contribution >= 0.6 is 0 Å². The summed E-state index contributed by atoms with van der Waals surface area (Å²) < 4.78 is 33.3. The zero-order valence-electron chi connectivity index (χ0n) is 15.9. The predicted octanol–water partition coefficient (Wildman–Crippen LogP) is 1.07. The Hall–Kier alpha value is -2.69. The van der Waals surface area contributed by atoms with Crippen molar-refractivity contribution in [2.75, 3.05) is 26.2 Å². The van der Waals surface area contributed by atoms with Crippen LogP contribution in [0.2, 0.25) is 0 Å². The van der Waals surface area contributed by atoms with Crippen LogP contribution < -0.4 is 15.6 Å². The lowest BCUT2D eigenvalue weighted by Crippen LogP contribution is -2.30. The van der Waals surface area contributed by atoms with Crippen molar-refractivity contribution in [1.29, 1.82) is 0 Å². The van der Waals surface area contributed by atoms with Crippen molar-refractivity contribution in [1.82, 2.24) is 20.0 Å². The van der Waals surface area contributed by atoms with Crippen molar-refractivity contribution in [3.8, 4) is 0 Å². The van der Waals surface area contributed by atoms with Crippen LogP contribution in [-0.4, -0.2) is 50.6 Å². The molecule has 1 fully saturated rings. The molecule has 0 bridgehead atoms. The average Bonchev–Trinajstić information content (AvgIpc) is 3.37. The Kier molecular flexibility index (Phi) is 5.15. The fraction of sp³-hybridized carbons (Fsp3) is 0.368. The highest BCUT2D eigenvalue weighted by atomic mass is 32.2. The van der Waals surface area contributed by atoms with Crippen molar-refractivity contribution < 1.29 is 17.9 Å². The molecule has 0 saturated carbocycles. The molecule has 0 radical (unpaired) electrons. The minimum Gasteiger partial charge on any atom is -0.462 e. The summed E-state index contributed by atoms with van der Waals surface area (Å²) in [4.78, 5) is 30.2. The molecule has 0 spiro atoms. The summed E-state index contributed by atoms with van der Waals surface area (Å²) in [5.74, 6) is -0.320. The number of pyridine rings is 1. The minimum atomic E-state index is -3.74. The molecule has 0 amide bonds. The number of esters is 1. The molecule has 154 valence electrons. The molecule has 1 saturated heterocycles. The fourth-order valence-electron chi connectivity index (χ4n) is 3.64. The van der Waals surface area contributed by atoms with Crippen molar-refractivity contribution in [3.63, 3.8) is 0 Å². The lowest BCUT2D eigenvalue weighted by atomic mass is 10.1. The Labute approximate surface area is 166 Å². The first kappa shape index (κ1) is 19.6. The highest BCUT2D eigenvalue weighted by molar-refractivity contribution is 7.89. The quantitative estimate of drug-likeness (QED) is 0.443. The van der Waals surface area contributed by atoms with E-state index in [9.17, 15) is 18.0 Å². The SMILES string of the molecule is CCOC(=O)c1c[nH]c2c(=O)[nH]c3ccc(S(=O)(=O)NC[C@H]4CCNC4)cc3c12. The maximum atomic E-state index is 12.8. The third-order valence-corrected chi connectivity index (χ3v) is 6.57. The van der Waals surface area contributed by atoms with E-state index < -0.39 is 21.6 Å². The maximum Gasteiger partial charge on any atom is 0.340 e. The van der Waals surface area contributed by atoms with E-state index >= 15 is 0 Å². The molecule has 0 unspecified atom stereocenters. The molecular weight excluding hydrogens is 396 g/mol. The first-order chi connectivity index (χ1) is 13.9. The number of carbonyl (C=O) groups is 1. The Morgan fingerprint density at radius 1 is 1.34 bits per heavy atom. The number of carbonyl (C=O) groups excluding carboxylic acids is 1. The van der Waals surface area contributed by atoms with E-state index in [4.69, 9.17) is 4.74 Å². The van der Waals surface area contributed by atoms with Gasteiger partial charge in [0, 0.05) is 29.0 Å². The minimum absolute atomic E-state index is 0.0697. The van der Waals surface area contributed by atoms with Crippen molar-refractivity contribution in [3.05, 3.63) is 40.3 Å². The Morgan fingerprint density at radius 3 is 2.90 bits per heavy atom. The normalized spacial score (nSPS) is 17.2. The molecule has 4 N–H and O–H groups in total. The summed E-state index contributed by atoms with van der Waals surface area (Å²) in [6.45, 7) is 3.90. The summed E-state index contributed by atoms with van der Waals surface area (Å²) >= 11 is 0. The molecule has 1 aliphatic rings. The molecule has 1 aliphatic heterocycles. The lowest BCUT2D eigenvalue weighted by Gasteiger charge is -2.12. The number of rotatable bonds is 6. The van der Waals surface area contributed by atoms with E-state index in [0.717, 1.165) is 19.5 Å². The summed E-state index contributed by atoms with van der Waals surface area (Å²) in [6, 6.07) is 4.44. The molecular formula is C19H22N4O5S. The highest BCUT2D eigenvalue weighted by Crippen LogP contribution is 2.27. The number of hydrogen-bond donors (Lipinski definition) is 4. The topological polar surface area (TPSA) is 133 Å². The van der Waals surface area contributed by atoms with E-state index in [0.29, 0.717) is 22.8 Å². The van der Waals surface area contributed by atoms with Crippen LogP contribution in [0.4, 0.5) is 0 Å². The van der Waals surface area contributed by atoms with Gasteiger partial charge in [-0.25, -0.2) is 17.9 Å². The average molecular weight is 418 g/mol. The summed E-state index contributed by atoms with van der Waals surface area (Å²) in [5.41, 5.74) is 0.426. The molecule has 10 heteroatoms. The van der Waals surface area contributed by atoms with Gasteiger partial charge in [-0.1, -0.05) is 0 Å². The largest absolute Gasteiger partial charge is 0.462 e. The number of sulfonamides is 1. The summed E-state index contributed by atoms with van der Waals surface area (Å²) in [6.07, 6.45) is 2.33. The van der Waals surface area contributed by atoms with Gasteiger partial charge in [0.2, 0.25) is 10.0 Å². The third-order valence-electron chi connectivity index (χ3n) is 5.15. The molecule has 3 heterocycles. The van der Waals surface area contributed by atoms with Crippen molar-refractivity contribution in [2.45, 2.75) is 18.2 Å². The zero-order valence-corrected chi connectivity index (χ0v) is 16.7. The first-order valence-corrected chi connectivity index (χ1v) is 10.9. The van der Waals surface area contributed by atoms with Gasteiger partial charge in [-0.2, -0.15) is 0 Å². The van der Waals surface area contributed by atoms with Crippen molar-refractivity contribution in [2.24, 2.45) is 5.92 Å². The Morgan fingerprint density at radius 2 is 2.17 bits per heavy atom. The number of fused-ring (bicyclic) bond motifs is 3. The molecule has 9 nitrogen and oxygen atoms in total. The van der Waals surface area contributed by atoms with Gasteiger partial charge >= 0.3 is 5.97 Å². The van der Waals surface area contributed by atoms with E-state index in [1.54, 1.807) is 6.92 Å². The summed E-state index contributed by atoms with van der Waals surface area (Å²) in [7, 11) is -3.74. The van der Waals surface area contributed by atoms with Crippen LogP contribution in [0.1, 0.15) is 23.7 Å². The number of aromatic nitrogens is 2. The van der Waals surface area contributed by atoms with Gasteiger partial charge in [0.15, 0.2) is 0 Å². The second-order valence-electron chi connectivity index (χ2n) is 7.05. The van der Waals surface area contributed by atoms with Crippen LogP contribution in [0.25, 0.3) is 21.8 Å².